The fourth-order valence-corrected chi connectivity index (χ4v) is 8.97. The van der Waals surface area contributed by atoms with Gasteiger partial charge in [-0.25, -0.2) is 14.8 Å². The number of anilines is 3. The minimum absolute atomic E-state index is 0.0129. The molecule has 0 bridgehead atoms. The van der Waals surface area contributed by atoms with Crippen molar-refractivity contribution >= 4 is 46.3 Å². The quantitative estimate of drug-likeness (QED) is 0.124. The largest absolute Gasteiger partial charge is 0.508 e. The van der Waals surface area contributed by atoms with E-state index in [9.17, 15) is 34.5 Å². The van der Waals surface area contributed by atoms with Crippen LogP contribution in [-0.2, 0) is 22.6 Å². The lowest BCUT2D eigenvalue weighted by molar-refractivity contribution is -0.140. The van der Waals surface area contributed by atoms with Gasteiger partial charge in [-0.3, -0.25) is 14.4 Å². The number of rotatable bonds is 10. The highest BCUT2D eigenvalue weighted by Gasteiger charge is 2.55. The molecule has 2 aromatic carbocycles. The molecule has 7 rings (SSSR count). The predicted molar refractivity (Wildman–Crippen MR) is 189 cm³/mol. The Morgan fingerprint density at radius 1 is 1.10 bits per heavy atom. The maximum absolute atomic E-state index is 13.1. The van der Waals surface area contributed by atoms with Gasteiger partial charge in [-0.15, -0.1) is 0 Å². The Kier molecular flexibility index (Phi) is 9.07. The van der Waals surface area contributed by atoms with Crippen LogP contribution in [0, 0.1) is 17.3 Å². The molecule has 52 heavy (non-hydrogen) atoms. The van der Waals surface area contributed by atoms with E-state index < -0.39 is 35.9 Å². The van der Waals surface area contributed by atoms with Crippen molar-refractivity contribution in [3.8, 4) is 5.75 Å². The van der Waals surface area contributed by atoms with Crippen LogP contribution in [0.1, 0.15) is 85.0 Å². The number of carboxylic acid groups (broad SMARTS) is 2. The molecule has 4 aromatic rings. The van der Waals surface area contributed by atoms with Crippen LogP contribution in [0.25, 0.3) is 11.2 Å². The lowest BCUT2D eigenvalue weighted by atomic mass is 9.55. The van der Waals surface area contributed by atoms with Gasteiger partial charge >= 0.3 is 17.5 Å². The molecule has 2 aromatic heterocycles. The number of nitrogens with one attached hydrogen (secondary N) is 2. The number of hydrogen-bond acceptors (Lipinski definition) is 11. The molecule has 2 fully saturated rings. The Bertz CT molecular complexity index is 2120. The van der Waals surface area contributed by atoms with Gasteiger partial charge in [0.25, 0.3) is 5.91 Å². The summed E-state index contributed by atoms with van der Waals surface area (Å²) in [5.41, 5.74) is 9.26. The van der Waals surface area contributed by atoms with E-state index in [0.29, 0.717) is 23.2 Å². The monoisotopic (exact) mass is 711 g/mol. The van der Waals surface area contributed by atoms with E-state index in [1.54, 1.807) is 30.3 Å². The zero-order valence-corrected chi connectivity index (χ0v) is 28.6. The number of H-pyrrole nitrogens is 1. The molecule has 0 spiro atoms. The van der Waals surface area contributed by atoms with E-state index in [-0.39, 0.29) is 58.8 Å². The molecular weight excluding hydrogens is 670 g/mol. The first kappa shape index (κ1) is 34.9. The molecule has 272 valence electrons. The van der Waals surface area contributed by atoms with E-state index in [4.69, 9.17) is 10.8 Å². The molecule has 0 radical (unpaired) electrons. The summed E-state index contributed by atoms with van der Waals surface area (Å²) in [5.74, 6) is -2.30. The molecule has 15 nitrogen and oxygen atoms in total. The molecule has 2 heterocycles. The minimum Gasteiger partial charge on any atom is -0.508 e. The third kappa shape index (κ3) is 6.40. The minimum atomic E-state index is -1.38. The normalized spacial score (nSPS) is 24.0. The summed E-state index contributed by atoms with van der Waals surface area (Å²) in [5, 5.41) is 43.0. The molecule has 15 heteroatoms. The highest BCUT2D eigenvalue weighted by molar-refractivity contribution is 5.97. The van der Waals surface area contributed by atoms with Crippen molar-refractivity contribution < 1.29 is 34.8 Å². The van der Waals surface area contributed by atoms with Crippen LogP contribution < -0.4 is 21.5 Å². The number of carbonyl (C=O) groups excluding carboxylic acids is 1. The summed E-state index contributed by atoms with van der Waals surface area (Å²) < 4.78 is 0. The maximum atomic E-state index is 13.1. The average molecular weight is 712 g/mol. The zero-order valence-electron chi connectivity index (χ0n) is 28.6. The van der Waals surface area contributed by atoms with Crippen molar-refractivity contribution in [2.75, 3.05) is 10.6 Å². The number of phenols is 1. The van der Waals surface area contributed by atoms with Crippen molar-refractivity contribution in [3.63, 3.8) is 0 Å². The highest BCUT2D eigenvalue weighted by atomic mass is 16.4. The third-order valence-electron chi connectivity index (χ3n) is 11.5. The van der Waals surface area contributed by atoms with E-state index in [2.05, 4.69) is 32.2 Å². The fourth-order valence-electron chi connectivity index (χ4n) is 8.97. The number of aliphatic carboxylic acids is 2. The lowest BCUT2D eigenvalue weighted by Crippen LogP contribution is -2.44. The Labute approximate surface area is 297 Å². The number of carboxylic acids is 2. The lowest BCUT2D eigenvalue weighted by Gasteiger charge is -2.51. The number of nitrogen functional groups attached to an aromatic ring is 1. The summed E-state index contributed by atoms with van der Waals surface area (Å²) >= 11 is 0. The Morgan fingerprint density at radius 3 is 2.60 bits per heavy atom. The van der Waals surface area contributed by atoms with Crippen LogP contribution in [0.2, 0.25) is 0 Å². The van der Waals surface area contributed by atoms with Gasteiger partial charge in [-0.05, 0) is 110 Å². The van der Waals surface area contributed by atoms with Gasteiger partial charge in [-0.1, -0.05) is 6.92 Å². The summed E-state index contributed by atoms with van der Waals surface area (Å²) in [7, 11) is 0. The number of benzene rings is 2. The van der Waals surface area contributed by atoms with E-state index in [0.717, 1.165) is 55.3 Å². The van der Waals surface area contributed by atoms with E-state index in [1.807, 2.05) is 11.0 Å². The number of carbonyl (C=O) groups is 3. The third-order valence-corrected chi connectivity index (χ3v) is 11.5. The van der Waals surface area contributed by atoms with Gasteiger partial charge in [0.15, 0.2) is 11.2 Å². The number of nitrogens with zero attached hydrogens (tertiary/aromatic N) is 4. The van der Waals surface area contributed by atoms with Crippen molar-refractivity contribution in [1.29, 1.82) is 0 Å². The number of amides is 1. The van der Waals surface area contributed by atoms with Gasteiger partial charge < -0.3 is 41.4 Å². The first-order valence-electron chi connectivity index (χ1n) is 17.5. The zero-order chi connectivity index (χ0) is 36.9. The van der Waals surface area contributed by atoms with Crippen molar-refractivity contribution in [1.82, 2.24) is 25.3 Å². The number of aliphatic hydroxyl groups is 1. The second kappa shape index (κ2) is 13.5. The summed E-state index contributed by atoms with van der Waals surface area (Å²) in [6.45, 7) is 2.33. The predicted octanol–water partition coefficient (Wildman–Crippen LogP) is 3.60. The van der Waals surface area contributed by atoms with Crippen LogP contribution >= 0.6 is 0 Å². The SMILES string of the molecule is C[C@]12CC[C@@H]3c4c(cc(O)cc4N(Cc4cnc5[nH]c(N)nc(=O)c5n4)c4ccc(C(=O)N[C@@H](CCC(=O)O)C(=O)O)cc4)CC[C@H]3[C@@H]1CC[C@H]2O. The Morgan fingerprint density at radius 2 is 1.87 bits per heavy atom. The molecule has 3 aliphatic carbocycles. The van der Waals surface area contributed by atoms with Gasteiger partial charge in [0.2, 0.25) is 5.95 Å². The summed E-state index contributed by atoms with van der Waals surface area (Å²) in [4.78, 5) is 66.0. The number of aromatic nitrogens is 4. The number of fused-ring (bicyclic) bond motifs is 6. The second-order valence-electron chi connectivity index (χ2n) is 14.5. The molecule has 8 N–H and O–H groups in total. The second-order valence-corrected chi connectivity index (χ2v) is 14.5. The molecule has 1 amide bonds. The molecular formula is C37H41N7O8. The summed E-state index contributed by atoms with van der Waals surface area (Å²) in [6, 6.07) is 8.66. The van der Waals surface area contributed by atoms with Gasteiger partial charge in [0, 0.05) is 29.4 Å². The standard InChI is InChI=1S/C37H41N7O8/c1-37-13-12-24-23(25(37)8-10-28(37)46)7-4-19-14-22(45)15-27(30(19)24)44(17-20-16-39-32-31(40-20)34(50)43-36(38)42-32)21-5-2-18(3-6-21)33(49)41-26(35(51)52)9-11-29(47)48/h2-3,5-6,14-16,23-26,28,45-46H,4,7-13,17H2,1H3,(H,41,49)(H,47,48)(H,51,52)(H3,38,39,42,43,50)/t23-,24+,25+,26+,28-,37+/m1/s1. The number of nitrogens with two attached hydrogens (primary N) is 1. The fraction of sp³-hybridized carbons (Fsp3) is 0.432. The molecule has 2 saturated carbocycles. The van der Waals surface area contributed by atoms with Gasteiger partial charge in [0.05, 0.1) is 24.5 Å². The van der Waals surface area contributed by atoms with Crippen molar-refractivity contribution in [2.45, 2.75) is 82.9 Å². The average Bonchev–Trinajstić information content (AvgIpc) is 3.42. The van der Waals surface area contributed by atoms with E-state index >= 15 is 0 Å². The Balaban J connectivity index is 1.28. The number of aliphatic hydroxyl groups excluding tert-OH is 1. The first-order valence-corrected chi connectivity index (χ1v) is 17.5. The maximum Gasteiger partial charge on any atom is 0.326 e. The molecule has 0 unspecified atom stereocenters. The van der Waals surface area contributed by atoms with Crippen molar-refractivity contribution in [3.05, 3.63) is 75.3 Å². The van der Waals surface area contributed by atoms with Gasteiger partial charge in [-0.2, -0.15) is 4.98 Å². The topological polar surface area (TPSA) is 245 Å². The molecule has 3 aliphatic rings. The van der Waals surface area contributed by atoms with Crippen LogP contribution in [0.15, 0.2) is 47.4 Å². The number of aromatic amines is 1. The van der Waals surface area contributed by atoms with Crippen LogP contribution in [0.3, 0.4) is 0 Å². The van der Waals surface area contributed by atoms with Crippen LogP contribution in [-0.4, -0.2) is 70.4 Å². The Hall–Kier alpha value is -5.57. The van der Waals surface area contributed by atoms with Crippen LogP contribution in [0.4, 0.5) is 17.3 Å². The number of aromatic hydroxyl groups is 1. The first-order chi connectivity index (χ1) is 24.8. The number of phenolic OH excluding ortho intramolecular Hbond substituents is 1. The number of aryl methyl sites for hydroxylation is 1. The van der Waals surface area contributed by atoms with E-state index in [1.165, 1.54) is 6.20 Å². The number of hydrogen-bond donors (Lipinski definition) is 7. The van der Waals surface area contributed by atoms with Gasteiger partial charge in [0.1, 0.15) is 11.8 Å². The smallest absolute Gasteiger partial charge is 0.326 e. The summed E-state index contributed by atoms with van der Waals surface area (Å²) in [6.07, 6.45) is 5.73. The van der Waals surface area contributed by atoms with Crippen LogP contribution in [0.5, 0.6) is 5.75 Å². The highest BCUT2D eigenvalue weighted by Crippen LogP contribution is 2.62. The molecule has 6 atom stereocenters. The molecule has 0 aliphatic heterocycles. The molecule has 0 saturated heterocycles. The van der Waals surface area contributed by atoms with Crippen molar-refractivity contribution in [2.24, 2.45) is 17.3 Å².